The number of fused-ring (bicyclic) bond motifs is 1. The number of anilines is 1. The van der Waals surface area contributed by atoms with Crippen LogP contribution in [0.15, 0.2) is 42.5 Å². The first-order valence-electron chi connectivity index (χ1n) is 8.53. The van der Waals surface area contributed by atoms with Crippen molar-refractivity contribution >= 4 is 21.6 Å². The van der Waals surface area contributed by atoms with Gasteiger partial charge >= 0.3 is 0 Å². The minimum atomic E-state index is -3.52. The molecule has 144 valence electrons. The first kappa shape index (κ1) is 19.2. The minimum Gasteiger partial charge on any atom is -0.493 e. The van der Waals surface area contributed by atoms with Crippen LogP contribution in [0.5, 0.6) is 5.75 Å². The van der Waals surface area contributed by atoms with E-state index in [2.05, 4.69) is 5.32 Å². The topological polar surface area (TPSA) is 75.7 Å². The average Bonchev–Trinajstić information content (AvgIpc) is 2.82. The standard InChI is InChI=1S/C19H21FN2O4S/c1-22(27(2,24)25)17-8-4-3-6-14(17)19(23)21-16-7-5-11-26-18-10-9-13(20)12-15(16)18/h3-4,6,8-10,12,16H,5,7,11H2,1-2H3,(H,21,23)/t16-/m0/s1. The molecular weight excluding hydrogens is 371 g/mol. The van der Waals surface area contributed by atoms with Crippen LogP contribution in [0.4, 0.5) is 10.1 Å². The Morgan fingerprint density at radius 3 is 2.74 bits per heavy atom. The number of rotatable bonds is 4. The summed E-state index contributed by atoms with van der Waals surface area (Å²) in [6, 6.07) is 10.3. The Bertz CT molecular complexity index is 962. The maximum Gasteiger partial charge on any atom is 0.253 e. The molecule has 1 atom stereocenters. The minimum absolute atomic E-state index is 0.230. The SMILES string of the molecule is CN(c1ccccc1C(=O)N[C@H]1CCCOc2ccc(F)cc21)S(C)(=O)=O. The van der Waals surface area contributed by atoms with Crippen molar-refractivity contribution in [1.82, 2.24) is 5.32 Å². The van der Waals surface area contributed by atoms with Crippen LogP contribution in [0.1, 0.15) is 34.8 Å². The number of para-hydroxylation sites is 1. The van der Waals surface area contributed by atoms with E-state index in [0.29, 0.717) is 30.8 Å². The summed E-state index contributed by atoms with van der Waals surface area (Å²) in [6.07, 6.45) is 2.36. The van der Waals surface area contributed by atoms with Crippen molar-refractivity contribution in [3.8, 4) is 5.75 Å². The predicted octanol–water partition coefficient (Wildman–Crippen LogP) is 2.87. The molecule has 0 unspecified atom stereocenters. The molecule has 1 heterocycles. The molecule has 0 radical (unpaired) electrons. The highest BCUT2D eigenvalue weighted by molar-refractivity contribution is 7.92. The summed E-state index contributed by atoms with van der Waals surface area (Å²) in [6.45, 7) is 0.485. The molecule has 1 aliphatic heterocycles. The van der Waals surface area contributed by atoms with E-state index < -0.39 is 27.8 Å². The highest BCUT2D eigenvalue weighted by atomic mass is 32.2. The van der Waals surface area contributed by atoms with E-state index in [0.717, 1.165) is 10.6 Å². The number of nitrogens with zero attached hydrogens (tertiary/aromatic N) is 1. The van der Waals surface area contributed by atoms with E-state index in [1.54, 1.807) is 30.3 Å². The van der Waals surface area contributed by atoms with Gasteiger partial charge in [-0.25, -0.2) is 12.8 Å². The van der Waals surface area contributed by atoms with Crippen molar-refractivity contribution in [3.63, 3.8) is 0 Å². The molecule has 6 nitrogen and oxygen atoms in total. The Morgan fingerprint density at radius 2 is 2.00 bits per heavy atom. The number of benzene rings is 2. The molecule has 0 fully saturated rings. The molecule has 3 rings (SSSR count). The van der Waals surface area contributed by atoms with Gasteiger partial charge in [0.05, 0.1) is 30.2 Å². The largest absolute Gasteiger partial charge is 0.493 e. The quantitative estimate of drug-likeness (QED) is 0.868. The lowest BCUT2D eigenvalue weighted by molar-refractivity contribution is 0.0935. The summed E-state index contributed by atoms with van der Waals surface area (Å²) in [5.41, 5.74) is 1.09. The molecule has 2 aromatic carbocycles. The lowest BCUT2D eigenvalue weighted by atomic mass is 10.0. The summed E-state index contributed by atoms with van der Waals surface area (Å²) in [4.78, 5) is 12.9. The highest BCUT2D eigenvalue weighted by Gasteiger charge is 2.25. The first-order valence-corrected chi connectivity index (χ1v) is 10.4. The molecule has 0 aliphatic carbocycles. The van der Waals surface area contributed by atoms with Gasteiger partial charge in [-0.3, -0.25) is 9.10 Å². The third-order valence-corrected chi connectivity index (χ3v) is 5.72. The normalized spacial score (nSPS) is 16.6. The van der Waals surface area contributed by atoms with Gasteiger partial charge in [0.1, 0.15) is 11.6 Å². The number of amides is 1. The van der Waals surface area contributed by atoms with E-state index in [-0.39, 0.29) is 11.3 Å². The van der Waals surface area contributed by atoms with Crippen LogP contribution in [0.25, 0.3) is 0 Å². The number of sulfonamides is 1. The van der Waals surface area contributed by atoms with Crippen LogP contribution >= 0.6 is 0 Å². The van der Waals surface area contributed by atoms with Crippen LogP contribution in [0.2, 0.25) is 0 Å². The molecule has 1 amide bonds. The van der Waals surface area contributed by atoms with Gasteiger partial charge in [0.15, 0.2) is 0 Å². The Kier molecular flexibility index (Phi) is 5.36. The lowest BCUT2D eigenvalue weighted by Crippen LogP contribution is -2.32. The number of halogens is 1. The summed E-state index contributed by atoms with van der Waals surface area (Å²) >= 11 is 0. The third-order valence-electron chi connectivity index (χ3n) is 4.53. The van der Waals surface area contributed by atoms with Gasteiger partial charge in [0, 0.05) is 12.6 Å². The Morgan fingerprint density at radius 1 is 1.26 bits per heavy atom. The van der Waals surface area contributed by atoms with Gasteiger partial charge in [-0.15, -0.1) is 0 Å². The van der Waals surface area contributed by atoms with Gasteiger partial charge in [-0.1, -0.05) is 12.1 Å². The Balaban J connectivity index is 1.92. The van der Waals surface area contributed by atoms with Crippen molar-refractivity contribution in [3.05, 3.63) is 59.4 Å². The fourth-order valence-corrected chi connectivity index (χ4v) is 3.57. The molecule has 0 spiro atoms. The zero-order valence-electron chi connectivity index (χ0n) is 15.1. The van der Waals surface area contributed by atoms with Crippen LogP contribution in [0, 0.1) is 5.82 Å². The molecule has 27 heavy (non-hydrogen) atoms. The smallest absolute Gasteiger partial charge is 0.253 e. The molecule has 0 saturated carbocycles. The summed E-state index contributed by atoms with van der Waals surface area (Å²) < 4.78 is 44.2. The molecule has 0 aromatic heterocycles. The fourth-order valence-electron chi connectivity index (χ4n) is 3.05. The monoisotopic (exact) mass is 392 g/mol. The molecule has 1 aliphatic rings. The number of carbonyl (C=O) groups excluding carboxylic acids is 1. The van der Waals surface area contributed by atoms with Gasteiger partial charge in [0.2, 0.25) is 10.0 Å². The highest BCUT2D eigenvalue weighted by Crippen LogP contribution is 2.33. The van der Waals surface area contributed by atoms with Crippen molar-refractivity contribution < 1.29 is 22.3 Å². The molecule has 1 N–H and O–H groups in total. The molecule has 2 aromatic rings. The maximum atomic E-state index is 13.7. The van der Waals surface area contributed by atoms with E-state index in [1.807, 2.05) is 0 Å². The summed E-state index contributed by atoms with van der Waals surface area (Å²) in [5, 5.41) is 2.90. The van der Waals surface area contributed by atoms with E-state index in [1.165, 1.54) is 19.2 Å². The second-order valence-corrected chi connectivity index (χ2v) is 8.46. The van der Waals surface area contributed by atoms with Crippen LogP contribution in [-0.4, -0.2) is 34.2 Å². The zero-order valence-corrected chi connectivity index (χ0v) is 15.9. The zero-order chi connectivity index (χ0) is 19.6. The van der Waals surface area contributed by atoms with Gasteiger partial charge in [-0.2, -0.15) is 0 Å². The molecular formula is C19H21FN2O4S. The fraction of sp³-hybridized carbons (Fsp3) is 0.316. The first-order chi connectivity index (χ1) is 12.8. The number of ether oxygens (including phenoxy) is 1. The predicted molar refractivity (Wildman–Crippen MR) is 101 cm³/mol. The summed E-state index contributed by atoms with van der Waals surface area (Å²) in [5.74, 6) is -0.292. The molecule has 8 heteroatoms. The number of hydrogen-bond donors (Lipinski definition) is 1. The van der Waals surface area contributed by atoms with Crippen LogP contribution in [0.3, 0.4) is 0 Å². The van der Waals surface area contributed by atoms with Gasteiger partial charge < -0.3 is 10.1 Å². The van der Waals surface area contributed by atoms with E-state index in [9.17, 15) is 17.6 Å². The Labute approximate surface area is 158 Å². The van der Waals surface area contributed by atoms with Crippen molar-refractivity contribution in [2.45, 2.75) is 18.9 Å². The Hall–Kier alpha value is -2.61. The van der Waals surface area contributed by atoms with Crippen LogP contribution in [-0.2, 0) is 10.0 Å². The van der Waals surface area contributed by atoms with Gasteiger partial charge in [0.25, 0.3) is 5.91 Å². The van der Waals surface area contributed by atoms with E-state index in [4.69, 9.17) is 4.74 Å². The number of hydrogen-bond acceptors (Lipinski definition) is 4. The van der Waals surface area contributed by atoms with Crippen molar-refractivity contribution in [2.24, 2.45) is 0 Å². The number of nitrogens with one attached hydrogen (secondary N) is 1. The molecule has 0 saturated heterocycles. The van der Waals surface area contributed by atoms with Crippen molar-refractivity contribution in [1.29, 1.82) is 0 Å². The average molecular weight is 392 g/mol. The number of carbonyl (C=O) groups is 1. The van der Waals surface area contributed by atoms with Crippen LogP contribution < -0.4 is 14.4 Å². The summed E-state index contributed by atoms with van der Waals surface area (Å²) in [7, 11) is -2.13. The van der Waals surface area contributed by atoms with Crippen molar-refractivity contribution in [2.75, 3.05) is 24.2 Å². The maximum absolute atomic E-state index is 13.7. The second-order valence-electron chi connectivity index (χ2n) is 6.45. The molecule has 0 bridgehead atoms. The second kappa shape index (κ2) is 7.56. The van der Waals surface area contributed by atoms with Gasteiger partial charge in [-0.05, 0) is 43.2 Å². The third kappa shape index (κ3) is 4.21. The van der Waals surface area contributed by atoms with E-state index >= 15 is 0 Å². The lowest BCUT2D eigenvalue weighted by Gasteiger charge is -2.22.